The SMILES string of the molecule is COC(=O)c1c(NC(=O)[C@H]2C3CCC(CC3)[C@H]2C(=O)O)sc2c1CCCC2. The number of esters is 1. The van der Waals surface area contributed by atoms with Gasteiger partial charge in [-0.3, -0.25) is 9.59 Å². The Bertz CT molecular complexity index is 778. The number of nitrogens with one attached hydrogen (secondary N) is 1. The van der Waals surface area contributed by atoms with Crippen LogP contribution < -0.4 is 5.32 Å². The minimum absolute atomic E-state index is 0.0832. The Labute approximate surface area is 162 Å². The number of aliphatic carboxylic acids is 1. The number of carbonyl (C=O) groups excluding carboxylic acids is 2. The second kappa shape index (κ2) is 7.26. The zero-order chi connectivity index (χ0) is 19.1. The van der Waals surface area contributed by atoms with Crippen molar-refractivity contribution in [2.75, 3.05) is 12.4 Å². The maximum Gasteiger partial charge on any atom is 0.341 e. The van der Waals surface area contributed by atoms with E-state index in [2.05, 4.69) is 5.32 Å². The first-order valence-corrected chi connectivity index (χ1v) is 10.6. The van der Waals surface area contributed by atoms with Crippen LogP contribution in [-0.4, -0.2) is 30.1 Å². The summed E-state index contributed by atoms with van der Waals surface area (Å²) in [4.78, 5) is 38.5. The number of hydrogen-bond acceptors (Lipinski definition) is 5. The van der Waals surface area contributed by atoms with Crippen molar-refractivity contribution < 1.29 is 24.2 Å². The van der Waals surface area contributed by atoms with Crippen molar-refractivity contribution in [1.29, 1.82) is 0 Å². The van der Waals surface area contributed by atoms with Gasteiger partial charge in [0, 0.05) is 4.88 Å². The van der Waals surface area contributed by atoms with Gasteiger partial charge in [0.25, 0.3) is 0 Å². The fourth-order valence-corrected chi connectivity index (χ4v) is 6.63. The fraction of sp³-hybridized carbons (Fsp3) is 0.650. The molecule has 6 nitrogen and oxygen atoms in total. The molecule has 4 aliphatic carbocycles. The van der Waals surface area contributed by atoms with Crippen molar-refractivity contribution in [2.45, 2.75) is 51.4 Å². The van der Waals surface area contributed by atoms with Crippen molar-refractivity contribution in [3.05, 3.63) is 16.0 Å². The summed E-state index contributed by atoms with van der Waals surface area (Å²) in [6.07, 6.45) is 7.44. The highest BCUT2D eigenvalue weighted by molar-refractivity contribution is 7.17. The van der Waals surface area contributed by atoms with E-state index in [1.54, 1.807) is 0 Å². The molecular formula is C20H25NO5S. The molecular weight excluding hydrogens is 366 g/mol. The minimum atomic E-state index is -0.872. The Kier molecular flexibility index (Phi) is 4.97. The number of thiophene rings is 1. The largest absolute Gasteiger partial charge is 0.481 e. The molecule has 0 saturated heterocycles. The van der Waals surface area contributed by atoms with Crippen LogP contribution in [-0.2, 0) is 27.2 Å². The van der Waals surface area contributed by atoms with Gasteiger partial charge in [0.15, 0.2) is 0 Å². The summed E-state index contributed by atoms with van der Waals surface area (Å²) in [5.74, 6) is -2.48. The lowest BCUT2D eigenvalue weighted by atomic mass is 9.58. The van der Waals surface area contributed by atoms with E-state index in [0.29, 0.717) is 10.6 Å². The average molecular weight is 391 g/mol. The summed E-state index contributed by atoms with van der Waals surface area (Å²) in [6, 6.07) is 0. The van der Waals surface area contributed by atoms with E-state index in [-0.39, 0.29) is 17.7 Å². The Balaban J connectivity index is 1.64. The third kappa shape index (κ3) is 3.16. The maximum absolute atomic E-state index is 13.1. The topological polar surface area (TPSA) is 92.7 Å². The molecule has 2 N–H and O–H groups in total. The molecule has 0 aliphatic heterocycles. The molecule has 4 aliphatic rings. The zero-order valence-electron chi connectivity index (χ0n) is 15.5. The fourth-order valence-electron chi connectivity index (χ4n) is 5.35. The lowest BCUT2D eigenvalue weighted by Gasteiger charge is -2.45. The number of rotatable bonds is 4. The monoisotopic (exact) mass is 391 g/mol. The van der Waals surface area contributed by atoms with Crippen molar-refractivity contribution in [2.24, 2.45) is 23.7 Å². The first kappa shape index (κ1) is 18.5. The van der Waals surface area contributed by atoms with Gasteiger partial charge in [-0.2, -0.15) is 0 Å². The summed E-state index contributed by atoms with van der Waals surface area (Å²) >= 11 is 1.45. The number of carbonyl (C=O) groups is 3. The molecule has 146 valence electrons. The van der Waals surface area contributed by atoms with Gasteiger partial charge in [0.2, 0.25) is 5.91 Å². The Morgan fingerprint density at radius 3 is 2.30 bits per heavy atom. The van der Waals surface area contributed by atoms with Crippen LogP contribution in [0, 0.1) is 23.7 Å². The third-order valence-corrected chi connectivity index (χ3v) is 7.81. The van der Waals surface area contributed by atoms with Crippen LogP contribution in [0.4, 0.5) is 5.00 Å². The molecule has 7 heteroatoms. The third-order valence-electron chi connectivity index (χ3n) is 6.60. The molecule has 5 rings (SSSR count). The second-order valence-corrected chi connectivity index (χ2v) is 9.07. The van der Waals surface area contributed by atoms with Gasteiger partial charge in [-0.15, -0.1) is 11.3 Å². The normalized spacial score (nSPS) is 29.1. The van der Waals surface area contributed by atoms with E-state index in [1.807, 2.05) is 0 Å². The number of ether oxygens (including phenoxy) is 1. The van der Waals surface area contributed by atoms with Crippen molar-refractivity contribution in [1.82, 2.24) is 0 Å². The molecule has 0 radical (unpaired) electrons. The molecule has 1 aromatic rings. The molecule has 1 amide bonds. The first-order valence-electron chi connectivity index (χ1n) is 9.77. The average Bonchev–Trinajstić information content (AvgIpc) is 3.05. The highest BCUT2D eigenvalue weighted by Crippen LogP contribution is 2.49. The van der Waals surface area contributed by atoms with Crippen LogP contribution in [0.1, 0.15) is 59.3 Å². The molecule has 2 atom stereocenters. The van der Waals surface area contributed by atoms with E-state index < -0.39 is 23.8 Å². The lowest BCUT2D eigenvalue weighted by molar-refractivity contribution is -0.156. The molecule has 3 saturated carbocycles. The number of anilines is 1. The van der Waals surface area contributed by atoms with Gasteiger partial charge in [0.05, 0.1) is 24.5 Å². The van der Waals surface area contributed by atoms with Crippen molar-refractivity contribution >= 4 is 34.2 Å². The van der Waals surface area contributed by atoms with E-state index in [9.17, 15) is 19.5 Å². The van der Waals surface area contributed by atoms with E-state index in [4.69, 9.17) is 4.74 Å². The highest BCUT2D eigenvalue weighted by Gasteiger charge is 2.50. The van der Waals surface area contributed by atoms with E-state index >= 15 is 0 Å². The van der Waals surface area contributed by atoms with Crippen LogP contribution in [0.2, 0.25) is 0 Å². The van der Waals surface area contributed by atoms with E-state index in [0.717, 1.165) is 61.8 Å². The number of amides is 1. The molecule has 27 heavy (non-hydrogen) atoms. The van der Waals surface area contributed by atoms with Gasteiger partial charge in [-0.25, -0.2) is 4.79 Å². The standard InChI is InChI=1S/C20H25NO5S/c1-26-20(25)16-12-4-2-3-5-13(12)27-18(16)21-17(22)14-10-6-8-11(9-7-10)15(14)19(23)24/h10-11,14-15H,2-9H2,1H3,(H,21,22)(H,23,24)/t10?,11?,14-,15+/m0/s1. The summed E-state index contributed by atoms with van der Waals surface area (Å²) in [7, 11) is 1.35. The molecule has 1 heterocycles. The number of aryl methyl sites for hydroxylation is 1. The second-order valence-electron chi connectivity index (χ2n) is 7.96. The van der Waals surface area contributed by atoms with Crippen LogP contribution in [0.5, 0.6) is 0 Å². The summed E-state index contributed by atoms with van der Waals surface area (Å²) in [5.41, 5.74) is 1.46. The smallest absolute Gasteiger partial charge is 0.341 e. The molecule has 0 spiro atoms. The van der Waals surface area contributed by atoms with Crippen LogP contribution >= 0.6 is 11.3 Å². The van der Waals surface area contributed by atoms with E-state index in [1.165, 1.54) is 18.4 Å². The minimum Gasteiger partial charge on any atom is -0.481 e. The Morgan fingerprint density at radius 1 is 1.04 bits per heavy atom. The predicted octanol–water partition coefficient (Wildman–Crippen LogP) is 3.49. The summed E-state index contributed by atoms with van der Waals surface area (Å²) in [6.45, 7) is 0. The van der Waals surface area contributed by atoms with Crippen LogP contribution in [0.15, 0.2) is 0 Å². The summed E-state index contributed by atoms with van der Waals surface area (Å²) in [5, 5.41) is 13.2. The van der Waals surface area contributed by atoms with Crippen molar-refractivity contribution in [3.8, 4) is 0 Å². The molecule has 3 fully saturated rings. The van der Waals surface area contributed by atoms with Gasteiger partial charge in [0.1, 0.15) is 5.00 Å². The first-order chi connectivity index (χ1) is 13.0. The van der Waals surface area contributed by atoms with Crippen LogP contribution in [0.25, 0.3) is 0 Å². The lowest BCUT2D eigenvalue weighted by Crippen LogP contribution is -2.49. The van der Waals surface area contributed by atoms with Gasteiger partial charge >= 0.3 is 11.9 Å². The number of hydrogen-bond donors (Lipinski definition) is 2. The van der Waals surface area contributed by atoms with Crippen molar-refractivity contribution in [3.63, 3.8) is 0 Å². The Morgan fingerprint density at radius 2 is 1.67 bits per heavy atom. The zero-order valence-corrected chi connectivity index (χ0v) is 16.3. The van der Waals surface area contributed by atoms with Gasteiger partial charge in [-0.05, 0) is 68.8 Å². The number of fused-ring (bicyclic) bond motifs is 4. The Hall–Kier alpha value is -1.89. The number of carboxylic acids is 1. The number of carboxylic acid groups (broad SMARTS) is 1. The molecule has 0 unspecified atom stereocenters. The summed E-state index contributed by atoms with van der Waals surface area (Å²) < 4.78 is 4.96. The molecule has 1 aromatic heterocycles. The maximum atomic E-state index is 13.1. The predicted molar refractivity (Wildman–Crippen MR) is 101 cm³/mol. The molecule has 2 bridgehead atoms. The number of methoxy groups -OCH3 is 1. The van der Waals surface area contributed by atoms with Crippen LogP contribution in [0.3, 0.4) is 0 Å². The molecule has 0 aromatic carbocycles. The van der Waals surface area contributed by atoms with Gasteiger partial charge < -0.3 is 15.2 Å². The quantitative estimate of drug-likeness (QED) is 0.767. The van der Waals surface area contributed by atoms with Gasteiger partial charge in [-0.1, -0.05) is 0 Å². The highest BCUT2D eigenvalue weighted by atomic mass is 32.1.